The van der Waals surface area contributed by atoms with Crippen molar-refractivity contribution in [2.75, 3.05) is 13.1 Å². The van der Waals surface area contributed by atoms with Crippen molar-refractivity contribution in [2.24, 2.45) is 11.0 Å². The fraction of sp³-hybridized carbons (Fsp3) is 0.500. The predicted octanol–water partition coefficient (Wildman–Crippen LogP) is 2.73. The van der Waals surface area contributed by atoms with Crippen LogP contribution < -0.4 is 16.5 Å². The summed E-state index contributed by atoms with van der Waals surface area (Å²) in [6.07, 6.45) is 0. The number of hydrogen-bond acceptors (Lipinski definition) is 9. The van der Waals surface area contributed by atoms with E-state index in [4.69, 9.17) is 20.9 Å². The number of nitrogens with two attached hydrogens (primary N) is 1. The molecule has 14 heteroatoms. The van der Waals surface area contributed by atoms with Gasteiger partial charge in [-0.2, -0.15) is 0 Å². The summed E-state index contributed by atoms with van der Waals surface area (Å²) in [5, 5.41) is 8.35. The molecule has 0 bridgehead atoms. The zero-order valence-corrected chi connectivity index (χ0v) is 22.5. The maximum absolute atomic E-state index is 13.0. The van der Waals surface area contributed by atoms with Crippen molar-refractivity contribution >= 4 is 45.4 Å². The second-order valence-corrected chi connectivity index (χ2v) is 10.2. The number of halogens is 1. The van der Waals surface area contributed by atoms with Crippen LogP contribution in [0.25, 0.3) is 10.4 Å². The zero-order valence-electron chi connectivity index (χ0n) is 20.9. The van der Waals surface area contributed by atoms with Gasteiger partial charge in [0, 0.05) is 22.5 Å². The smallest absolute Gasteiger partial charge is 0.363 e. The van der Waals surface area contributed by atoms with E-state index in [1.54, 1.807) is 0 Å². The molecule has 0 aliphatic carbocycles. The minimum Gasteiger partial charge on any atom is -0.457 e. The van der Waals surface area contributed by atoms with Gasteiger partial charge in [-0.25, -0.2) is 15.5 Å². The molecule has 0 heterocycles. The lowest BCUT2D eigenvalue weighted by Crippen LogP contribution is -2.64. The van der Waals surface area contributed by atoms with Gasteiger partial charge in [0.1, 0.15) is 11.2 Å². The summed E-state index contributed by atoms with van der Waals surface area (Å²) in [7, 11) is 0. The van der Waals surface area contributed by atoms with E-state index in [1.165, 1.54) is 53.7 Å². The molecule has 13 nitrogen and oxygen atoms in total. The number of azide groups is 1. The van der Waals surface area contributed by atoms with Gasteiger partial charge in [0.2, 0.25) is 0 Å². The molecule has 1 rings (SSSR count). The highest BCUT2D eigenvalue weighted by Crippen LogP contribution is 2.31. The summed E-state index contributed by atoms with van der Waals surface area (Å²) in [5.74, 6) is 0.707. The summed E-state index contributed by atoms with van der Waals surface area (Å²) in [6.45, 7) is 12.6. The Morgan fingerprint density at radius 2 is 1.53 bits per heavy atom. The molecule has 0 aliphatic rings. The third-order valence-corrected chi connectivity index (χ3v) is 4.96. The van der Waals surface area contributed by atoms with Gasteiger partial charge in [0.05, 0.1) is 11.3 Å². The van der Waals surface area contributed by atoms with Gasteiger partial charge in [0.25, 0.3) is 11.8 Å². The molecule has 1 radical (unpaired) electrons. The lowest BCUT2D eigenvalue weighted by molar-refractivity contribution is -0.204. The minimum absolute atomic E-state index is 0.119. The number of nitrogens with one attached hydrogen (secondary N) is 2. The van der Waals surface area contributed by atoms with E-state index in [0.29, 0.717) is 5.56 Å². The molecule has 0 atom stereocenters. The fourth-order valence-corrected chi connectivity index (χ4v) is 3.31. The number of hydrogen-bond donors (Lipinski definition) is 3. The lowest BCUT2D eigenvalue weighted by atomic mass is 10.0. The maximum Gasteiger partial charge on any atom is 0.363 e. The van der Waals surface area contributed by atoms with Crippen LogP contribution in [0.15, 0.2) is 21.7 Å². The summed E-state index contributed by atoms with van der Waals surface area (Å²) in [6, 6.07) is 2.99. The predicted molar refractivity (Wildman–Crippen MR) is 132 cm³/mol. The average Bonchev–Trinajstić information content (AvgIpc) is 2.71. The van der Waals surface area contributed by atoms with Gasteiger partial charge in [-0.3, -0.25) is 14.4 Å². The quantitative estimate of drug-likeness (QED) is 0.0766. The van der Waals surface area contributed by atoms with Crippen LogP contribution in [0, 0.1) is 6.92 Å². The second kappa shape index (κ2) is 12.2. The van der Waals surface area contributed by atoms with Crippen molar-refractivity contribution in [3.63, 3.8) is 0 Å². The van der Waals surface area contributed by atoms with Crippen LogP contribution in [0.4, 0.5) is 5.69 Å². The molecule has 4 N–H and O–H groups in total. The maximum atomic E-state index is 13.0. The van der Waals surface area contributed by atoms with Crippen molar-refractivity contribution in [3.05, 3.63) is 45.1 Å². The molecular formula is C22H30BrN6O7. The largest absolute Gasteiger partial charge is 0.457 e. The SMILES string of the molecule is [CH2]c1ccc(N=[N+]=[N-])c(Br)c1C(=O)NCCNC(=O)C(ON)(C(=O)OC(C)(C)C)C(=O)OC(C)(C)C. The molecule has 0 aromatic heterocycles. The standard InChI is InChI=1S/C22H30BrN6O7/c1-12-8-9-13(28-29-24)15(23)14(12)16(30)26-10-11-27-17(31)22(36-25,18(32)34-20(2,3)4)19(33)35-21(5,6)7/h8-9H,1,10-11,25H2,2-7H3,(H,26,30)(H,27,31). The summed E-state index contributed by atoms with van der Waals surface area (Å²) < 4.78 is 10.6. The molecule has 1 aromatic carbocycles. The molecule has 0 aliphatic heterocycles. The van der Waals surface area contributed by atoms with E-state index in [-0.39, 0.29) is 28.8 Å². The Kier molecular flexibility index (Phi) is 10.4. The number of carbonyl (C=O) groups excluding carboxylic acids is 4. The van der Waals surface area contributed by atoms with Crippen LogP contribution in [-0.2, 0) is 28.7 Å². The summed E-state index contributed by atoms with van der Waals surface area (Å²) in [4.78, 5) is 58.7. The Balaban J connectivity index is 3.05. The van der Waals surface area contributed by atoms with Crippen molar-refractivity contribution in [2.45, 2.75) is 58.3 Å². The van der Waals surface area contributed by atoms with E-state index in [1.807, 2.05) is 0 Å². The topological polar surface area (TPSA) is 195 Å². The molecule has 0 saturated carbocycles. The Labute approximate surface area is 217 Å². The van der Waals surface area contributed by atoms with Crippen molar-refractivity contribution in [3.8, 4) is 0 Å². The second-order valence-electron chi connectivity index (χ2n) is 9.44. The Morgan fingerprint density at radius 1 is 1.03 bits per heavy atom. The zero-order chi connectivity index (χ0) is 27.9. The van der Waals surface area contributed by atoms with Gasteiger partial charge in [-0.15, -0.1) is 0 Å². The Morgan fingerprint density at radius 3 is 1.97 bits per heavy atom. The monoisotopic (exact) mass is 569 g/mol. The van der Waals surface area contributed by atoms with E-state index < -0.39 is 40.6 Å². The molecule has 0 unspecified atom stereocenters. The van der Waals surface area contributed by atoms with Crippen LogP contribution in [0.1, 0.15) is 57.5 Å². The first-order valence-electron chi connectivity index (χ1n) is 10.6. The third kappa shape index (κ3) is 7.92. The number of nitrogens with zero attached hydrogens (tertiary/aromatic N) is 3. The Bertz CT molecular complexity index is 1040. The Hall–Kier alpha value is -3.19. The molecule has 36 heavy (non-hydrogen) atoms. The molecule has 197 valence electrons. The van der Waals surface area contributed by atoms with Crippen LogP contribution in [0.2, 0.25) is 0 Å². The van der Waals surface area contributed by atoms with Gasteiger partial charge in [-0.1, -0.05) is 17.2 Å². The summed E-state index contributed by atoms with van der Waals surface area (Å²) in [5.41, 5.74) is 4.20. The van der Waals surface area contributed by atoms with Gasteiger partial charge in [-0.05, 0) is 75.5 Å². The molecule has 1 aromatic rings. The molecule has 0 spiro atoms. The molecule has 0 saturated heterocycles. The lowest BCUT2D eigenvalue weighted by Gasteiger charge is -2.32. The van der Waals surface area contributed by atoms with E-state index in [0.717, 1.165) is 0 Å². The van der Waals surface area contributed by atoms with Crippen molar-refractivity contribution < 1.29 is 33.5 Å². The highest BCUT2D eigenvalue weighted by molar-refractivity contribution is 9.10. The normalized spacial score (nSPS) is 11.7. The molecule has 0 fully saturated rings. The van der Waals surface area contributed by atoms with Crippen molar-refractivity contribution in [1.82, 2.24) is 10.6 Å². The minimum atomic E-state index is -2.95. The number of ether oxygens (including phenoxy) is 2. The van der Waals surface area contributed by atoms with Crippen LogP contribution >= 0.6 is 15.9 Å². The van der Waals surface area contributed by atoms with Gasteiger partial charge >= 0.3 is 17.5 Å². The highest BCUT2D eigenvalue weighted by atomic mass is 79.9. The third-order valence-electron chi connectivity index (χ3n) is 4.15. The van der Waals surface area contributed by atoms with Crippen LogP contribution in [0.5, 0.6) is 0 Å². The number of amides is 2. The van der Waals surface area contributed by atoms with Gasteiger partial charge < -0.3 is 20.1 Å². The van der Waals surface area contributed by atoms with Gasteiger partial charge in [0.15, 0.2) is 0 Å². The van der Waals surface area contributed by atoms with Crippen LogP contribution in [-0.4, -0.2) is 53.6 Å². The molecule has 2 amide bonds. The first kappa shape index (κ1) is 30.8. The molecular weight excluding hydrogens is 540 g/mol. The fourth-order valence-electron chi connectivity index (χ4n) is 2.66. The number of esters is 2. The van der Waals surface area contributed by atoms with Crippen molar-refractivity contribution in [1.29, 1.82) is 0 Å². The number of benzene rings is 1. The highest BCUT2D eigenvalue weighted by Gasteiger charge is 2.59. The first-order chi connectivity index (χ1) is 16.5. The van der Waals surface area contributed by atoms with E-state index in [9.17, 15) is 19.2 Å². The average molecular weight is 570 g/mol. The van der Waals surface area contributed by atoms with E-state index >= 15 is 0 Å². The summed E-state index contributed by atoms with van der Waals surface area (Å²) >= 11 is 3.21. The van der Waals surface area contributed by atoms with E-state index in [2.05, 4.69) is 48.4 Å². The first-order valence-corrected chi connectivity index (χ1v) is 11.4. The number of carbonyl (C=O) groups is 4. The number of rotatable bonds is 9. The van der Waals surface area contributed by atoms with Crippen LogP contribution in [0.3, 0.4) is 0 Å².